The summed E-state index contributed by atoms with van der Waals surface area (Å²) in [6, 6.07) is 10.8. The molecule has 2 aromatic rings. The summed E-state index contributed by atoms with van der Waals surface area (Å²) < 4.78 is 0. The summed E-state index contributed by atoms with van der Waals surface area (Å²) in [7, 11) is 0. The summed E-state index contributed by atoms with van der Waals surface area (Å²) in [4.78, 5) is 17.8. The van der Waals surface area contributed by atoms with Gasteiger partial charge in [0.05, 0.1) is 5.69 Å². The smallest absolute Gasteiger partial charge is 0.321 e. The fourth-order valence-electron chi connectivity index (χ4n) is 2.72. The zero-order chi connectivity index (χ0) is 14.8. The number of carbonyl (C=O) groups is 1. The van der Waals surface area contributed by atoms with Crippen molar-refractivity contribution in [3.8, 4) is 0 Å². The summed E-state index contributed by atoms with van der Waals surface area (Å²) >= 11 is 6.04. The molecule has 1 aromatic carbocycles. The molecule has 0 spiro atoms. The normalized spacial score (nSPS) is 18.2. The van der Waals surface area contributed by atoms with E-state index in [0.29, 0.717) is 24.5 Å². The highest BCUT2D eigenvalue weighted by atomic mass is 35.5. The van der Waals surface area contributed by atoms with Crippen LogP contribution in [0.3, 0.4) is 0 Å². The highest BCUT2D eigenvalue weighted by Gasteiger charge is 2.31. The van der Waals surface area contributed by atoms with Gasteiger partial charge in [0.1, 0.15) is 6.04 Å². The van der Waals surface area contributed by atoms with Crippen LogP contribution in [0, 0.1) is 0 Å². The summed E-state index contributed by atoms with van der Waals surface area (Å²) in [6.07, 6.45) is 2.22. The van der Waals surface area contributed by atoms with Crippen LogP contribution in [0.15, 0.2) is 42.6 Å². The Morgan fingerprint density at radius 2 is 2.19 bits per heavy atom. The average Bonchev–Trinajstić information content (AvgIpc) is 2.47. The Morgan fingerprint density at radius 3 is 2.90 bits per heavy atom. The van der Waals surface area contributed by atoms with Crippen molar-refractivity contribution in [1.82, 2.24) is 9.88 Å². The number of pyridine rings is 1. The number of aromatic nitrogens is 1. The Hall–Kier alpha value is -1.91. The van der Waals surface area contributed by atoms with Crippen LogP contribution < -0.4 is 0 Å². The van der Waals surface area contributed by atoms with Gasteiger partial charge in [0.2, 0.25) is 0 Å². The van der Waals surface area contributed by atoms with E-state index < -0.39 is 12.0 Å². The second-order valence-electron chi connectivity index (χ2n) is 5.20. The van der Waals surface area contributed by atoms with Crippen LogP contribution in [0.5, 0.6) is 0 Å². The Bertz CT molecular complexity index is 661. The van der Waals surface area contributed by atoms with Gasteiger partial charge in [0.25, 0.3) is 0 Å². The predicted octanol–water partition coefficient (Wildman–Crippen LogP) is 2.75. The van der Waals surface area contributed by atoms with Crippen LogP contribution >= 0.6 is 11.6 Å². The van der Waals surface area contributed by atoms with E-state index in [9.17, 15) is 9.90 Å². The minimum Gasteiger partial charge on any atom is -0.480 e. The summed E-state index contributed by atoms with van der Waals surface area (Å²) in [5.74, 6) is -0.800. The van der Waals surface area contributed by atoms with Gasteiger partial charge >= 0.3 is 5.97 Å². The van der Waals surface area contributed by atoms with Gasteiger partial charge in [-0.3, -0.25) is 14.7 Å². The highest BCUT2D eigenvalue weighted by Crippen LogP contribution is 2.27. The molecule has 1 N–H and O–H groups in total. The molecular formula is C16H15ClN2O2. The number of halogens is 1. The third-order valence-electron chi connectivity index (χ3n) is 3.77. The third kappa shape index (κ3) is 3.06. The fraction of sp³-hybridized carbons (Fsp3) is 0.250. The van der Waals surface area contributed by atoms with Crippen molar-refractivity contribution < 1.29 is 9.90 Å². The maximum atomic E-state index is 11.5. The van der Waals surface area contributed by atoms with Gasteiger partial charge < -0.3 is 5.11 Å². The van der Waals surface area contributed by atoms with Crippen molar-refractivity contribution >= 4 is 17.6 Å². The average molecular weight is 303 g/mol. The fourth-order valence-corrected chi connectivity index (χ4v) is 2.91. The first kappa shape index (κ1) is 14.0. The molecule has 4 nitrogen and oxygen atoms in total. The molecule has 0 bridgehead atoms. The van der Waals surface area contributed by atoms with Crippen molar-refractivity contribution in [2.45, 2.75) is 25.6 Å². The molecule has 2 heterocycles. The molecule has 108 valence electrons. The molecule has 1 atom stereocenters. The van der Waals surface area contributed by atoms with E-state index in [1.165, 1.54) is 0 Å². The second-order valence-corrected chi connectivity index (χ2v) is 5.63. The molecule has 0 saturated heterocycles. The summed E-state index contributed by atoms with van der Waals surface area (Å²) in [5, 5.41) is 10.2. The van der Waals surface area contributed by atoms with Gasteiger partial charge in [-0.05, 0) is 41.8 Å². The Morgan fingerprint density at radius 1 is 1.33 bits per heavy atom. The van der Waals surface area contributed by atoms with Gasteiger partial charge in [-0.1, -0.05) is 23.7 Å². The lowest BCUT2D eigenvalue weighted by Gasteiger charge is -2.34. The van der Waals surface area contributed by atoms with Crippen molar-refractivity contribution in [2.75, 3.05) is 0 Å². The first-order chi connectivity index (χ1) is 10.1. The van der Waals surface area contributed by atoms with Crippen molar-refractivity contribution in [3.05, 3.63) is 64.4 Å². The summed E-state index contributed by atoms with van der Waals surface area (Å²) in [5.41, 5.74) is 3.02. The van der Waals surface area contributed by atoms with E-state index in [1.807, 2.05) is 41.3 Å². The Labute approximate surface area is 128 Å². The topological polar surface area (TPSA) is 53.4 Å². The highest BCUT2D eigenvalue weighted by molar-refractivity contribution is 6.30. The maximum absolute atomic E-state index is 11.5. The van der Waals surface area contributed by atoms with Gasteiger partial charge in [-0.2, -0.15) is 0 Å². The van der Waals surface area contributed by atoms with Crippen molar-refractivity contribution in [1.29, 1.82) is 0 Å². The van der Waals surface area contributed by atoms with Crippen molar-refractivity contribution in [3.63, 3.8) is 0 Å². The summed E-state index contributed by atoms with van der Waals surface area (Å²) in [6.45, 7) is 1.09. The largest absolute Gasteiger partial charge is 0.480 e. The Kier molecular flexibility index (Phi) is 3.90. The van der Waals surface area contributed by atoms with E-state index in [-0.39, 0.29) is 0 Å². The molecule has 1 aliphatic heterocycles. The minimum absolute atomic E-state index is 0.495. The number of hydrogen-bond donors (Lipinski definition) is 1. The van der Waals surface area contributed by atoms with Crippen LogP contribution in [-0.2, 0) is 24.3 Å². The SMILES string of the molecule is O=C(O)[C@@H]1Cc2ccc(Cl)cc2CN1Cc1ccccn1. The van der Waals surface area contributed by atoms with Gasteiger partial charge in [0, 0.05) is 24.3 Å². The van der Waals surface area contributed by atoms with Crippen LogP contribution in [0.2, 0.25) is 5.02 Å². The van der Waals surface area contributed by atoms with Crippen molar-refractivity contribution in [2.24, 2.45) is 0 Å². The second kappa shape index (κ2) is 5.84. The van der Waals surface area contributed by atoms with Crippen LogP contribution in [0.4, 0.5) is 0 Å². The quantitative estimate of drug-likeness (QED) is 0.947. The lowest BCUT2D eigenvalue weighted by atomic mass is 9.94. The van der Waals surface area contributed by atoms with E-state index in [1.54, 1.807) is 6.20 Å². The van der Waals surface area contributed by atoms with E-state index in [0.717, 1.165) is 16.8 Å². The van der Waals surface area contributed by atoms with E-state index >= 15 is 0 Å². The van der Waals surface area contributed by atoms with Crippen LogP contribution in [-0.4, -0.2) is 27.0 Å². The number of aliphatic carboxylic acids is 1. The molecule has 1 aromatic heterocycles. The molecule has 5 heteroatoms. The van der Waals surface area contributed by atoms with E-state index in [2.05, 4.69) is 4.98 Å². The van der Waals surface area contributed by atoms with Gasteiger partial charge in [-0.25, -0.2) is 0 Å². The molecule has 0 aliphatic carbocycles. The zero-order valence-electron chi connectivity index (χ0n) is 11.4. The molecule has 1 aliphatic rings. The molecule has 0 saturated carbocycles. The van der Waals surface area contributed by atoms with Crippen LogP contribution in [0.1, 0.15) is 16.8 Å². The predicted molar refractivity (Wildman–Crippen MR) is 80.1 cm³/mol. The number of hydrogen-bond acceptors (Lipinski definition) is 3. The van der Waals surface area contributed by atoms with Gasteiger partial charge in [0.15, 0.2) is 0 Å². The Balaban J connectivity index is 1.89. The number of benzene rings is 1. The number of nitrogens with zero attached hydrogens (tertiary/aromatic N) is 2. The molecule has 21 heavy (non-hydrogen) atoms. The molecular weight excluding hydrogens is 288 g/mol. The minimum atomic E-state index is -0.800. The monoisotopic (exact) mass is 302 g/mol. The number of carboxylic acid groups (broad SMARTS) is 1. The third-order valence-corrected chi connectivity index (χ3v) is 4.01. The zero-order valence-corrected chi connectivity index (χ0v) is 12.1. The molecule has 0 amide bonds. The molecule has 3 rings (SSSR count). The molecule has 0 fully saturated rings. The first-order valence-electron chi connectivity index (χ1n) is 6.77. The standard InChI is InChI=1S/C16H15ClN2O2/c17-13-5-4-11-8-15(16(20)21)19(9-12(11)7-13)10-14-3-1-2-6-18-14/h1-7,15H,8-10H2,(H,20,21)/t15-/m0/s1. The lowest BCUT2D eigenvalue weighted by Crippen LogP contribution is -2.45. The van der Waals surface area contributed by atoms with E-state index in [4.69, 9.17) is 11.6 Å². The lowest BCUT2D eigenvalue weighted by molar-refractivity contribution is -0.144. The van der Waals surface area contributed by atoms with Crippen LogP contribution in [0.25, 0.3) is 0 Å². The maximum Gasteiger partial charge on any atom is 0.321 e. The van der Waals surface area contributed by atoms with Gasteiger partial charge in [-0.15, -0.1) is 0 Å². The first-order valence-corrected chi connectivity index (χ1v) is 7.15. The number of rotatable bonds is 3. The molecule has 0 unspecified atom stereocenters. The number of fused-ring (bicyclic) bond motifs is 1. The number of carboxylic acids is 1. The molecule has 0 radical (unpaired) electrons.